The molecule has 0 unspecified atom stereocenters. The number of nitro groups is 1. The minimum Gasteiger partial charge on any atom is -0.456 e. The summed E-state index contributed by atoms with van der Waals surface area (Å²) in [4.78, 5) is 23.3. The molecule has 2 aromatic carbocycles. The molecular formula is C20H17N3O4. The molecule has 0 saturated heterocycles. The van der Waals surface area contributed by atoms with Crippen LogP contribution in [0.1, 0.15) is 40.5 Å². The van der Waals surface area contributed by atoms with Gasteiger partial charge in [0.05, 0.1) is 21.9 Å². The van der Waals surface area contributed by atoms with Crippen molar-refractivity contribution in [2.24, 2.45) is 0 Å². The Kier molecular flexibility index (Phi) is 4.42. The van der Waals surface area contributed by atoms with Gasteiger partial charge in [-0.1, -0.05) is 30.3 Å². The summed E-state index contributed by atoms with van der Waals surface area (Å²) in [5.74, 6) is -0.173. The van der Waals surface area contributed by atoms with Crippen molar-refractivity contribution < 1.29 is 14.5 Å². The second kappa shape index (κ2) is 7.03. The summed E-state index contributed by atoms with van der Waals surface area (Å²) in [5.41, 5.74) is 2.24. The molecule has 0 radical (unpaired) electrons. The van der Waals surface area contributed by atoms with E-state index in [-0.39, 0.29) is 12.3 Å². The van der Waals surface area contributed by atoms with E-state index in [1.54, 1.807) is 28.9 Å². The maximum Gasteiger partial charge on any atom is 0.357 e. The molecule has 1 aliphatic rings. The number of carbonyl (C=O) groups excluding carboxylic acids is 1. The molecule has 4 rings (SSSR count). The fourth-order valence-corrected chi connectivity index (χ4v) is 2.92. The van der Waals surface area contributed by atoms with E-state index in [9.17, 15) is 14.9 Å². The number of ether oxygens (including phenoxy) is 1. The van der Waals surface area contributed by atoms with Crippen molar-refractivity contribution in [2.45, 2.75) is 25.4 Å². The third-order valence-corrected chi connectivity index (χ3v) is 4.48. The summed E-state index contributed by atoms with van der Waals surface area (Å²) in [6.45, 7) is -0.172. The predicted molar refractivity (Wildman–Crippen MR) is 97.8 cm³/mol. The number of esters is 1. The molecule has 1 heterocycles. The summed E-state index contributed by atoms with van der Waals surface area (Å²) in [6.07, 6.45) is 2.13. The topological polar surface area (TPSA) is 87.3 Å². The zero-order chi connectivity index (χ0) is 18.8. The molecule has 0 bridgehead atoms. The van der Waals surface area contributed by atoms with Crippen LogP contribution < -0.4 is 0 Å². The Labute approximate surface area is 155 Å². The average Bonchev–Trinajstić information content (AvgIpc) is 3.45. The first-order valence-corrected chi connectivity index (χ1v) is 8.68. The number of benzene rings is 2. The zero-order valence-electron chi connectivity index (χ0n) is 14.4. The Morgan fingerprint density at radius 3 is 2.56 bits per heavy atom. The summed E-state index contributed by atoms with van der Waals surface area (Å²) < 4.78 is 6.96. The quantitative estimate of drug-likeness (QED) is 0.375. The minimum absolute atomic E-state index is 0.0689. The van der Waals surface area contributed by atoms with E-state index in [0.29, 0.717) is 17.2 Å². The van der Waals surface area contributed by atoms with Gasteiger partial charge in [-0.15, -0.1) is 0 Å². The number of rotatable bonds is 6. The van der Waals surface area contributed by atoms with Gasteiger partial charge in [-0.05, 0) is 37.1 Å². The SMILES string of the molecule is O=C(OCc1ccccc1[N+](=O)[O-])c1cc(C2CC2)nn1-c1ccccc1. The Morgan fingerprint density at radius 2 is 1.85 bits per heavy atom. The number of hydrogen-bond donors (Lipinski definition) is 0. The van der Waals surface area contributed by atoms with Gasteiger partial charge in [0.15, 0.2) is 5.69 Å². The van der Waals surface area contributed by atoms with Gasteiger partial charge in [-0.25, -0.2) is 9.48 Å². The fraction of sp³-hybridized carbons (Fsp3) is 0.200. The first-order chi connectivity index (χ1) is 13.1. The smallest absolute Gasteiger partial charge is 0.357 e. The number of hydrogen-bond acceptors (Lipinski definition) is 5. The molecule has 0 amide bonds. The maximum atomic E-state index is 12.7. The summed E-state index contributed by atoms with van der Waals surface area (Å²) in [7, 11) is 0. The fourth-order valence-electron chi connectivity index (χ4n) is 2.92. The molecule has 27 heavy (non-hydrogen) atoms. The van der Waals surface area contributed by atoms with Crippen molar-refractivity contribution in [1.29, 1.82) is 0 Å². The summed E-state index contributed by atoms with van der Waals surface area (Å²) in [5, 5.41) is 15.7. The highest BCUT2D eigenvalue weighted by Crippen LogP contribution is 2.39. The molecule has 1 saturated carbocycles. The lowest BCUT2D eigenvalue weighted by atomic mass is 10.2. The first-order valence-electron chi connectivity index (χ1n) is 8.68. The van der Waals surface area contributed by atoms with Gasteiger partial charge >= 0.3 is 5.97 Å². The number of carbonyl (C=O) groups is 1. The number of aromatic nitrogens is 2. The van der Waals surface area contributed by atoms with E-state index in [2.05, 4.69) is 5.10 Å². The Hall–Kier alpha value is -3.48. The van der Waals surface area contributed by atoms with E-state index in [0.717, 1.165) is 24.2 Å². The van der Waals surface area contributed by atoms with Crippen LogP contribution in [0.15, 0.2) is 60.7 Å². The van der Waals surface area contributed by atoms with E-state index < -0.39 is 10.9 Å². The van der Waals surface area contributed by atoms with E-state index in [1.165, 1.54) is 6.07 Å². The largest absolute Gasteiger partial charge is 0.456 e. The van der Waals surface area contributed by atoms with Crippen LogP contribution in [0.25, 0.3) is 5.69 Å². The molecule has 1 aliphatic carbocycles. The van der Waals surface area contributed by atoms with Crippen LogP contribution in [0.3, 0.4) is 0 Å². The van der Waals surface area contributed by atoms with Gasteiger partial charge in [0.25, 0.3) is 5.69 Å². The van der Waals surface area contributed by atoms with Crippen molar-refractivity contribution in [2.75, 3.05) is 0 Å². The monoisotopic (exact) mass is 363 g/mol. The number of para-hydroxylation sites is 2. The standard InChI is InChI=1S/C20H17N3O4/c24-20(27-13-15-6-4-5-9-18(15)23(25)26)19-12-17(14-10-11-14)21-22(19)16-7-2-1-3-8-16/h1-9,12,14H,10-11,13H2. The zero-order valence-corrected chi connectivity index (χ0v) is 14.4. The van der Waals surface area contributed by atoms with Crippen LogP contribution in [0.2, 0.25) is 0 Å². The highest BCUT2D eigenvalue weighted by molar-refractivity contribution is 5.88. The molecule has 1 fully saturated rings. The van der Waals surface area contributed by atoms with Gasteiger partial charge < -0.3 is 4.74 Å². The maximum absolute atomic E-state index is 12.7. The molecule has 7 nitrogen and oxygen atoms in total. The molecule has 0 atom stereocenters. The lowest BCUT2D eigenvalue weighted by Gasteiger charge is -2.08. The van der Waals surface area contributed by atoms with Crippen LogP contribution in [0.4, 0.5) is 5.69 Å². The minimum atomic E-state index is -0.559. The van der Waals surface area contributed by atoms with Crippen molar-refractivity contribution >= 4 is 11.7 Å². The molecule has 7 heteroatoms. The second-order valence-corrected chi connectivity index (χ2v) is 6.44. The second-order valence-electron chi connectivity index (χ2n) is 6.44. The van der Waals surface area contributed by atoms with Gasteiger partial charge in [0.1, 0.15) is 6.61 Å². The normalized spacial score (nSPS) is 13.3. The lowest BCUT2D eigenvalue weighted by Crippen LogP contribution is -2.12. The summed E-state index contributed by atoms with van der Waals surface area (Å²) in [6, 6.07) is 17.3. The third kappa shape index (κ3) is 3.57. The van der Waals surface area contributed by atoms with Gasteiger partial charge in [-0.2, -0.15) is 5.10 Å². The summed E-state index contributed by atoms with van der Waals surface area (Å²) >= 11 is 0. The molecule has 3 aromatic rings. The molecule has 0 spiro atoms. The molecular weight excluding hydrogens is 346 g/mol. The molecule has 1 aromatic heterocycles. The predicted octanol–water partition coefficient (Wildman–Crippen LogP) is 4.01. The van der Waals surface area contributed by atoms with Crippen molar-refractivity contribution in [3.63, 3.8) is 0 Å². The van der Waals surface area contributed by atoms with Crippen LogP contribution in [-0.2, 0) is 11.3 Å². The molecule has 0 N–H and O–H groups in total. The van der Waals surface area contributed by atoms with Crippen LogP contribution in [0, 0.1) is 10.1 Å². The van der Waals surface area contributed by atoms with Gasteiger partial charge in [-0.3, -0.25) is 10.1 Å². The van der Waals surface area contributed by atoms with Crippen molar-refractivity contribution in [1.82, 2.24) is 9.78 Å². The lowest BCUT2D eigenvalue weighted by molar-refractivity contribution is -0.385. The Bertz CT molecular complexity index is 993. The van der Waals surface area contributed by atoms with E-state index in [4.69, 9.17) is 4.74 Å². The molecule has 0 aliphatic heterocycles. The van der Waals surface area contributed by atoms with E-state index >= 15 is 0 Å². The molecule has 136 valence electrons. The Morgan fingerprint density at radius 1 is 1.15 bits per heavy atom. The van der Waals surface area contributed by atoms with Crippen LogP contribution in [-0.4, -0.2) is 20.7 Å². The Balaban J connectivity index is 1.60. The third-order valence-electron chi connectivity index (χ3n) is 4.48. The highest BCUT2D eigenvalue weighted by atomic mass is 16.6. The average molecular weight is 363 g/mol. The van der Waals surface area contributed by atoms with Gasteiger partial charge in [0, 0.05) is 12.0 Å². The number of nitrogens with zero attached hydrogens (tertiary/aromatic N) is 3. The highest BCUT2D eigenvalue weighted by Gasteiger charge is 2.29. The van der Waals surface area contributed by atoms with Crippen LogP contribution in [0.5, 0.6) is 0 Å². The first kappa shape index (κ1) is 17.0. The van der Waals surface area contributed by atoms with Crippen molar-refractivity contribution in [3.05, 3.63) is 87.7 Å². The van der Waals surface area contributed by atoms with Crippen LogP contribution >= 0.6 is 0 Å². The van der Waals surface area contributed by atoms with Gasteiger partial charge in [0.2, 0.25) is 0 Å². The number of nitro benzene ring substituents is 1. The van der Waals surface area contributed by atoms with E-state index in [1.807, 2.05) is 30.3 Å². The van der Waals surface area contributed by atoms with Crippen molar-refractivity contribution in [3.8, 4) is 5.69 Å².